The Balaban J connectivity index is 2.42. The number of nitrogens with zero attached hydrogens (tertiary/aromatic N) is 2. The number of nitrogens with one attached hydrogen (secondary N) is 1. The molecule has 5 nitrogen and oxygen atoms in total. The van der Waals surface area contributed by atoms with Crippen LogP contribution in [0.1, 0.15) is 5.01 Å². The highest BCUT2D eigenvalue weighted by Crippen LogP contribution is 2.36. The quantitative estimate of drug-likeness (QED) is 0.889. The van der Waals surface area contributed by atoms with Gasteiger partial charge in [-0.15, -0.1) is 10.2 Å². The maximum atomic E-state index is 12.4. The van der Waals surface area contributed by atoms with Crippen molar-refractivity contribution in [2.24, 2.45) is 0 Å². The summed E-state index contributed by atoms with van der Waals surface area (Å²) >= 11 is 0.354. The summed E-state index contributed by atoms with van der Waals surface area (Å²) < 4.78 is 37.3. The molecule has 0 fully saturated rings. The number of benzene rings is 1. The average Bonchev–Trinajstić information content (AvgIpc) is 2.77. The molecule has 1 heterocycles. The largest absolute Gasteiger partial charge is 0.465 e. The van der Waals surface area contributed by atoms with Gasteiger partial charge in [0.15, 0.2) is 0 Å². The van der Waals surface area contributed by atoms with E-state index in [1.807, 2.05) is 0 Å². The zero-order chi connectivity index (χ0) is 14.0. The molecule has 0 aliphatic carbocycles. The van der Waals surface area contributed by atoms with E-state index in [2.05, 4.69) is 15.5 Å². The number of halogens is 3. The van der Waals surface area contributed by atoms with E-state index >= 15 is 0 Å². The number of alkyl halides is 3. The first-order valence-corrected chi connectivity index (χ1v) is 5.69. The Hall–Kier alpha value is -2.16. The molecule has 0 aliphatic heterocycles. The van der Waals surface area contributed by atoms with Crippen molar-refractivity contribution in [2.45, 2.75) is 6.18 Å². The lowest BCUT2D eigenvalue weighted by Gasteiger charge is -2.05. The van der Waals surface area contributed by atoms with Gasteiger partial charge in [0, 0.05) is 5.56 Å². The second-order valence-electron chi connectivity index (χ2n) is 3.39. The fourth-order valence-electron chi connectivity index (χ4n) is 1.34. The van der Waals surface area contributed by atoms with Gasteiger partial charge >= 0.3 is 12.3 Å². The van der Waals surface area contributed by atoms with E-state index in [4.69, 9.17) is 5.11 Å². The molecule has 0 atom stereocenters. The first kappa shape index (κ1) is 13.3. The van der Waals surface area contributed by atoms with Gasteiger partial charge in [-0.2, -0.15) is 13.2 Å². The van der Waals surface area contributed by atoms with Gasteiger partial charge in [0.25, 0.3) is 0 Å². The number of anilines is 1. The molecule has 0 radical (unpaired) electrons. The minimum Gasteiger partial charge on any atom is -0.465 e. The van der Waals surface area contributed by atoms with Crippen molar-refractivity contribution in [1.29, 1.82) is 0 Å². The Bertz CT molecular complexity index is 612. The van der Waals surface area contributed by atoms with Gasteiger partial charge in [-0.1, -0.05) is 23.5 Å². The molecule has 0 spiro atoms. The maximum absolute atomic E-state index is 12.4. The molecule has 100 valence electrons. The number of amides is 1. The predicted octanol–water partition coefficient (Wildman–Crippen LogP) is 3.31. The molecule has 19 heavy (non-hydrogen) atoms. The standard InChI is InChI=1S/C10H6F3N3O2S/c11-10(12,13)8-16-15-7(19-8)5-3-1-2-4-6(5)14-9(17)18/h1-4,14H,(H,17,18). The molecule has 2 aromatic rings. The van der Waals surface area contributed by atoms with Crippen molar-refractivity contribution in [2.75, 3.05) is 5.32 Å². The second kappa shape index (κ2) is 4.84. The second-order valence-corrected chi connectivity index (χ2v) is 4.36. The summed E-state index contributed by atoms with van der Waals surface area (Å²) in [4.78, 5) is 10.6. The third-order valence-corrected chi connectivity index (χ3v) is 3.07. The molecule has 2 rings (SSSR count). The predicted molar refractivity (Wildman–Crippen MR) is 62.0 cm³/mol. The van der Waals surface area contributed by atoms with Crippen LogP contribution in [0.3, 0.4) is 0 Å². The number of hydrogen-bond donors (Lipinski definition) is 2. The minimum absolute atomic E-state index is 0.00308. The van der Waals surface area contributed by atoms with Gasteiger partial charge in [-0.05, 0) is 12.1 Å². The van der Waals surface area contributed by atoms with Crippen LogP contribution in [0.15, 0.2) is 24.3 Å². The molecular formula is C10H6F3N3O2S. The summed E-state index contributed by atoms with van der Waals surface area (Å²) in [5.41, 5.74) is 0.401. The minimum atomic E-state index is -4.56. The summed E-state index contributed by atoms with van der Waals surface area (Å²) in [7, 11) is 0. The Kier molecular flexibility index (Phi) is 3.38. The molecule has 0 saturated heterocycles. The van der Waals surface area contributed by atoms with Gasteiger partial charge in [0.2, 0.25) is 5.01 Å². The summed E-state index contributed by atoms with van der Waals surface area (Å²) in [6.07, 6.45) is -5.88. The highest BCUT2D eigenvalue weighted by molar-refractivity contribution is 7.14. The maximum Gasteiger partial charge on any atom is 0.445 e. The summed E-state index contributed by atoms with van der Waals surface area (Å²) in [6, 6.07) is 6.02. The Morgan fingerprint density at radius 3 is 2.53 bits per heavy atom. The van der Waals surface area contributed by atoms with Crippen LogP contribution in [0, 0.1) is 0 Å². The highest BCUT2D eigenvalue weighted by atomic mass is 32.1. The molecule has 0 aliphatic rings. The van der Waals surface area contributed by atoms with E-state index < -0.39 is 17.3 Å². The molecule has 0 bridgehead atoms. The SMILES string of the molecule is O=C(O)Nc1ccccc1-c1nnc(C(F)(F)F)s1. The Labute approximate surface area is 108 Å². The molecule has 0 saturated carbocycles. The lowest BCUT2D eigenvalue weighted by Crippen LogP contribution is -2.08. The third kappa shape index (κ3) is 2.99. The molecule has 2 N–H and O–H groups in total. The van der Waals surface area contributed by atoms with Gasteiger partial charge in [0.05, 0.1) is 5.69 Å². The Morgan fingerprint density at radius 1 is 1.26 bits per heavy atom. The van der Waals surface area contributed by atoms with Gasteiger partial charge in [-0.3, -0.25) is 5.32 Å². The van der Waals surface area contributed by atoms with E-state index in [0.717, 1.165) is 0 Å². The van der Waals surface area contributed by atoms with E-state index in [9.17, 15) is 18.0 Å². The van der Waals surface area contributed by atoms with Crippen LogP contribution in [0.5, 0.6) is 0 Å². The van der Waals surface area contributed by atoms with Crippen molar-refractivity contribution in [1.82, 2.24) is 10.2 Å². The summed E-state index contributed by atoms with van der Waals surface area (Å²) in [6.45, 7) is 0. The van der Waals surface area contributed by atoms with E-state index in [0.29, 0.717) is 11.3 Å². The van der Waals surface area contributed by atoms with Gasteiger partial charge in [-0.25, -0.2) is 4.79 Å². The van der Waals surface area contributed by atoms with E-state index in [-0.39, 0.29) is 16.3 Å². The molecule has 9 heteroatoms. The first-order valence-electron chi connectivity index (χ1n) is 4.88. The van der Waals surface area contributed by atoms with Gasteiger partial charge in [0.1, 0.15) is 5.01 Å². The van der Waals surface area contributed by atoms with Crippen molar-refractivity contribution < 1.29 is 23.1 Å². The fourth-order valence-corrected chi connectivity index (χ4v) is 2.09. The topological polar surface area (TPSA) is 75.1 Å². The molecule has 0 unspecified atom stereocenters. The van der Waals surface area contributed by atoms with Crippen molar-refractivity contribution in [3.8, 4) is 10.6 Å². The van der Waals surface area contributed by atoms with Crippen LogP contribution >= 0.6 is 11.3 Å². The molecular weight excluding hydrogens is 283 g/mol. The number of rotatable bonds is 2. The number of carboxylic acid groups (broad SMARTS) is 1. The Morgan fingerprint density at radius 2 is 1.95 bits per heavy atom. The third-order valence-electron chi connectivity index (χ3n) is 2.07. The van der Waals surface area contributed by atoms with Crippen molar-refractivity contribution in [3.63, 3.8) is 0 Å². The summed E-state index contributed by atoms with van der Waals surface area (Å²) in [5, 5.41) is 16.2. The van der Waals surface area contributed by atoms with Crippen LogP contribution < -0.4 is 5.32 Å². The highest BCUT2D eigenvalue weighted by Gasteiger charge is 2.35. The zero-order valence-corrected chi connectivity index (χ0v) is 9.92. The van der Waals surface area contributed by atoms with Gasteiger partial charge < -0.3 is 5.11 Å². The smallest absolute Gasteiger partial charge is 0.445 e. The van der Waals surface area contributed by atoms with E-state index in [1.165, 1.54) is 12.1 Å². The monoisotopic (exact) mass is 289 g/mol. The van der Waals surface area contributed by atoms with Crippen LogP contribution in [-0.4, -0.2) is 21.4 Å². The number of hydrogen-bond acceptors (Lipinski definition) is 4. The number of para-hydroxylation sites is 1. The normalized spacial score (nSPS) is 11.3. The molecule has 1 aromatic heterocycles. The fraction of sp³-hybridized carbons (Fsp3) is 0.100. The van der Waals surface area contributed by atoms with Crippen LogP contribution in [-0.2, 0) is 6.18 Å². The van der Waals surface area contributed by atoms with Crippen LogP contribution in [0.4, 0.5) is 23.7 Å². The number of aromatic nitrogens is 2. The van der Waals surface area contributed by atoms with Crippen molar-refractivity contribution >= 4 is 23.1 Å². The van der Waals surface area contributed by atoms with Crippen LogP contribution in [0.25, 0.3) is 10.6 Å². The van der Waals surface area contributed by atoms with E-state index in [1.54, 1.807) is 12.1 Å². The molecule has 1 amide bonds. The first-order chi connectivity index (χ1) is 8.88. The average molecular weight is 289 g/mol. The lowest BCUT2D eigenvalue weighted by molar-refractivity contribution is -0.138. The zero-order valence-electron chi connectivity index (χ0n) is 9.10. The lowest BCUT2D eigenvalue weighted by atomic mass is 10.2. The summed E-state index contributed by atoms with van der Waals surface area (Å²) in [5.74, 6) is 0. The number of carbonyl (C=O) groups is 1. The van der Waals surface area contributed by atoms with Crippen LogP contribution in [0.2, 0.25) is 0 Å². The molecule has 1 aromatic carbocycles. The van der Waals surface area contributed by atoms with Crippen molar-refractivity contribution in [3.05, 3.63) is 29.3 Å².